The van der Waals surface area contributed by atoms with Crippen LogP contribution in [0.4, 0.5) is 24.7 Å². The Hall–Kier alpha value is -5.07. The quantitative estimate of drug-likeness (QED) is 0.275. The van der Waals surface area contributed by atoms with Gasteiger partial charge in [0, 0.05) is 23.6 Å². The Balaban J connectivity index is 1.48. The van der Waals surface area contributed by atoms with E-state index in [1.165, 1.54) is 12.3 Å². The van der Waals surface area contributed by atoms with Crippen LogP contribution in [0.15, 0.2) is 66.0 Å². The lowest BCUT2D eigenvalue weighted by atomic mass is 10.1. The number of hydrogen-bond donors (Lipinski definition) is 2. The fourth-order valence-corrected chi connectivity index (χ4v) is 4.41. The minimum atomic E-state index is -4.51. The van der Waals surface area contributed by atoms with Crippen molar-refractivity contribution in [3.05, 3.63) is 88.4 Å². The van der Waals surface area contributed by atoms with E-state index < -0.39 is 23.7 Å². The third kappa shape index (κ3) is 5.32. The van der Waals surface area contributed by atoms with Crippen LogP contribution in [0.1, 0.15) is 54.3 Å². The first-order chi connectivity index (χ1) is 19.8. The van der Waals surface area contributed by atoms with E-state index in [0.717, 1.165) is 28.1 Å². The Morgan fingerprint density at radius 2 is 1.74 bits per heavy atom. The van der Waals surface area contributed by atoms with Crippen LogP contribution < -0.4 is 16.6 Å². The Labute approximate surface area is 238 Å². The summed E-state index contributed by atoms with van der Waals surface area (Å²) in [5.74, 6) is -0.398. The van der Waals surface area contributed by atoms with Crippen LogP contribution >= 0.6 is 0 Å². The number of nitrogens with zero attached hydrogens (tertiary/aromatic N) is 6. The molecular formula is C29H27F3N8O2. The van der Waals surface area contributed by atoms with Crippen molar-refractivity contribution in [2.75, 3.05) is 11.1 Å². The van der Waals surface area contributed by atoms with Gasteiger partial charge in [0.05, 0.1) is 11.1 Å². The molecule has 0 aliphatic rings. The normalized spacial score (nSPS) is 12.6. The first-order valence-corrected chi connectivity index (χ1v) is 13.0. The van der Waals surface area contributed by atoms with E-state index in [1.54, 1.807) is 42.6 Å². The average Bonchev–Trinajstić information content (AvgIpc) is 3.34. The third-order valence-corrected chi connectivity index (χ3v) is 6.86. The van der Waals surface area contributed by atoms with Crippen LogP contribution in [0.2, 0.25) is 0 Å². The molecule has 1 amide bonds. The number of amides is 1. The van der Waals surface area contributed by atoms with Crippen LogP contribution in [0.5, 0.6) is 0 Å². The molecule has 0 radical (unpaired) electrons. The lowest BCUT2D eigenvalue weighted by Crippen LogP contribution is -2.31. The molecule has 0 bridgehead atoms. The minimum absolute atomic E-state index is 0.0403. The maximum Gasteiger partial charge on any atom is 0.408 e. The molecule has 0 spiro atoms. The lowest BCUT2D eigenvalue weighted by molar-refractivity contribution is -0.162. The van der Waals surface area contributed by atoms with Crippen molar-refractivity contribution < 1.29 is 18.0 Å². The summed E-state index contributed by atoms with van der Waals surface area (Å²) < 4.78 is 42.8. The molecule has 1 unspecified atom stereocenters. The fourth-order valence-electron chi connectivity index (χ4n) is 4.41. The monoisotopic (exact) mass is 576 g/mol. The van der Waals surface area contributed by atoms with Crippen molar-refractivity contribution in [1.82, 2.24) is 29.3 Å². The van der Waals surface area contributed by atoms with Gasteiger partial charge in [-0.3, -0.25) is 9.59 Å². The highest BCUT2D eigenvalue weighted by Crippen LogP contribution is 2.38. The van der Waals surface area contributed by atoms with E-state index in [1.807, 2.05) is 20.8 Å². The van der Waals surface area contributed by atoms with Crippen LogP contribution in [-0.2, 0) is 0 Å². The van der Waals surface area contributed by atoms with Crippen LogP contribution in [0.3, 0.4) is 0 Å². The molecule has 0 aliphatic carbocycles. The number of alkyl halides is 3. The first-order valence-electron chi connectivity index (χ1n) is 13.0. The van der Waals surface area contributed by atoms with E-state index in [9.17, 15) is 22.8 Å². The number of aryl methyl sites for hydroxylation is 1. The molecule has 0 fully saturated rings. The van der Waals surface area contributed by atoms with Crippen molar-refractivity contribution in [3.63, 3.8) is 0 Å². The highest BCUT2D eigenvalue weighted by molar-refractivity contribution is 6.05. The zero-order chi connectivity index (χ0) is 30.3. The van der Waals surface area contributed by atoms with E-state index in [2.05, 4.69) is 25.4 Å². The number of nitrogens with one attached hydrogen (secondary N) is 1. The number of carbonyl (C=O) groups excluding carboxylic acids is 1. The molecule has 4 aromatic heterocycles. The van der Waals surface area contributed by atoms with Gasteiger partial charge < -0.3 is 15.6 Å². The van der Waals surface area contributed by atoms with Gasteiger partial charge in [-0.25, -0.2) is 15.0 Å². The largest absolute Gasteiger partial charge is 0.408 e. The maximum atomic E-state index is 13.6. The molecule has 10 nitrogen and oxygen atoms in total. The highest BCUT2D eigenvalue weighted by Gasteiger charge is 2.38. The summed E-state index contributed by atoms with van der Waals surface area (Å²) in [6, 6.07) is 9.46. The summed E-state index contributed by atoms with van der Waals surface area (Å²) in [5.41, 5.74) is 8.08. The number of nitrogens with two attached hydrogens (primary N) is 1. The van der Waals surface area contributed by atoms with Crippen molar-refractivity contribution in [2.45, 2.75) is 45.8 Å². The van der Waals surface area contributed by atoms with Crippen molar-refractivity contribution in [1.29, 1.82) is 0 Å². The second-order valence-corrected chi connectivity index (χ2v) is 10.2. The number of rotatable bonds is 6. The van der Waals surface area contributed by atoms with E-state index in [0.29, 0.717) is 22.5 Å². The van der Waals surface area contributed by atoms with Gasteiger partial charge >= 0.3 is 6.18 Å². The van der Waals surface area contributed by atoms with E-state index in [4.69, 9.17) is 5.73 Å². The zero-order valence-corrected chi connectivity index (χ0v) is 23.1. The summed E-state index contributed by atoms with van der Waals surface area (Å²) in [6.45, 7) is 6.69. The second-order valence-electron chi connectivity index (χ2n) is 10.2. The number of benzene rings is 1. The molecule has 216 valence electrons. The number of nitrogen functional groups attached to an aromatic ring is 1. The molecular weight excluding hydrogens is 549 g/mol. The molecule has 5 rings (SSSR count). The maximum absolute atomic E-state index is 13.6. The Bertz CT molecular complexity index is 1840. The second kappa shape index (κ2) is 10.7. The topological polar surface area (TPSA) is 134 Å². The smallest absolute Gasteiger partial charge is 0.383 e. The predicted octanol–water partition coefficient (Wildman–Crippen LogP) is 5.43. The lowest BCUT2D eigenvalue weighted by Gasteiger charge is -2.17. The molecule has 0 saturated carbocycles. The Morgan fingerprint density at radius 1 is 1.02 bits per heavy atom. The standard InChI is InChI=1S/C29H27F3N8O2/c1-15(2)22-11-20(28(42)40(38-22)23-10-5-16(3)12-34-23)27(41)37-19-8-6-18(7-9-19)21-13-39(17(4)29(30,31)32)26-24(21)25(33)35-14-36-26/h5-15,17H,1-4H3,(H,37,41)(H2,33,35,36). The number of carbonyl (C=O) groups is 1. The van der Waals surface area contributed by atoms with Crippen molar-refractivity contribution in [3.8, 4) is 16.9 Å². The summed E-state index contributed by atoms with van der Waals surface area (Å²) in [6.07, 6.45) is -0.443. The molecule has 0 saturated heterocycles. The predicted molar refractivity (Wildman–Crippen MR) is 153 cm³/mol. The number of halogens is 3. The van der Waals surface area contributed by atoms with Gasteiger partial charge in [-0.15, -0.1) is 0 Å². The van der Waals surface area contributed by atoms with Gasteiger partial charge in [-0.2, -0.15) is 23.0 Å². The molecule has 3 N–H and O–H groups in total. The van der Waals surface area contributed by atoms with E-state index >= 15 is 0 Å². The molecule has 13 heteroatoms. The van der Waals surface area contributed by atoms with Gasteiger partial charge in [0.2, 0.25) is 0 Å². The minimum Gasteiger partial charge on any atom is -0.383 e. The fraction of sp³-hybridized carbons (Fsp3) is 0.241. The average molecular weight is 577 g/mol. The number of anilines is 2. The van der Waals surface area contributed by atoms with Gasteiger partial charge in [-0.05, 0) is 55.2 Å². The van der Waals surface area contributed by atoms with Crippen molar-refractivity contribution in [2.24, 2.45) is 0 Å². The van der Waals surface area contributed by atoms with Gasteiger partial charge in [0.15, 0.2) is 5.82 Å². The third-order valence-electron chi connectivity index (χ3n) is 6.86. The van der Waals surface area contributed by atoms with Gasteiger partial charge in [0.25, 0.3) is 11.5 Å². The summed E-state index contributed by atoms with van der Waals surface area (Å²) in [4.78, 5) is 38.8. The summed E-state index contributed by atoms with van der Waals surface area (Å²) in [7, 11) is 0. The van der Waals surface area contributed by atoms with Gasteiger partial charge in [-0.1, -0.05) is 32.0 Å². The van der Waals surface area contributed by atoms with Gasteiger partial charge in [0.1, 0.15) is 29.4 Å². The van der Waals surface area contributed by atoms with E-state index in [-0.39, 0.29) is 34.2 Å². The Morgan fingerprint density at radius 3 is 2.36 bits per heavy atom. The number of hydrogen-bond acceptors (Lipinski definition) is 7. The van der Waals surface area contributed by atoms with Crippen LogP contribution in [0, 0.1) is 6.92 Å². The number of fused-ring (bicyclic) bond motifs is 1. The highest BCUT2D eigenvalue weighted by atomic mass is 19.4. The number of pyridine rings is 1. The summed E-state index contributed by atoms with van der Waals surface area (Å²) >= 11 is 0. The Kier molecular flexibility index (Phi) is 7.27. The summed E-state index contributed by atoms with van der Waals surface area (Å²) in [5, 5.41) is 7.40. The molecule has 42 heavy (non-hydrogen) atoms. The molecule has 1 atom stereocenters. The molecule has 4 heterocycles. The number of aromatic nitrogens is 6. The van der Waals surface area contributed by atoms with Crippen LogP contribution in [0.25, 0.3) is 28.0 Å². The molecule has 1 aromatic carbocycles. The first kappa shape index (κ1) is 28.5. The SMILES string of the molecule is Cc1ccc(-n2nc(C(C)C)cc(C(=O)Nc3ccc(-c4cn(C(C)C(F)(F)F)c5ncnc(N)c45)cc3)c2=O)nc1. The van der Waals surface area contributed by atoms with Crippen molar-refractivity contribution >= 4 is 28.4 Å². The van der Waals surface area contributed by atoms with Crippen LogP contribution in [-0.4, -0.2) is 41.4 Å². The molecule has 5 aromatic rings. The zero-order valence-electron chi connectivity index (χ0n) is 23.1. The molecule has 0 aliphatic heterocycles.